The number of rotatable bonds is 6. The maximum absolute atomic E-state index is 14.2. The van der Waals surface area contributed by atoms with Crippen molar-refractivity contribution in [3.63, 3.8) is 0 Å². The number of nitrogens with one attached hydrogen (secondary N) is 2. The second-order valence-corrected chi connectivity index (χ2v) is 9.48. The molecule has 3 N–H and O–H groups in total. The predicted octanol–water partition coefficient (Wildman–Crippen LogP) is 5.06. The molecule has 2 aromatic rings. The number of benzene rings is 1. The van der Waals surface area contributed by atoms with Crippen molar-refractivity contribution in [3.05, 3.63) is 49.1 Å². The number of phenolic OH excluding ortho intramolecular Hbond substituents is 1. The predicted molar refractivity (Wildman–Crippen MR) is 119 cm³/mol. The van der Waals surface area contributed by atoms with Gasteiger partial charge < -0.3 is 20.6 Å². The molecule has 0 saturated carbocycles. The average Bonchev–Trinajstić information content (AvgIpc) is 3.38. The Bertz CT molecular complexity index is 1210. The first-order valence-electron chi connectivity index (χ1n) is 9.77. The van der Waals surface area contributed by atoms with Gasteiger partial charge in [-0.05, 0) is 30.7 Å². The lowest BCUT2D eigenvalue weighted by Gasteiger charge is -2.29. The number of hydrogen-bond donors (Lipinski definition) is 3. The van der Waals surface area contributed by atoms with Crippen molar-refractivity contribution in [3.8, 4) is 5.75 Å². The normalized spacial score (nSPS) is 18.0. The first-order valence-corrected chi connectivity index (χ1v) is 11.3. The molecule has 1 atom stereocenters. The maximum Gasteiger partial charge on any atom is 0.435 e. The van der Waals surface area contributed by atoms with E-state index in [2.05, 4.69) is 10.5 Å². The fraction of sp³-hybridized carbons (Fsp3) is 0.350. The van der Waals surface area contributed by atoms with E-state index in [1.165, 1.54) is 13.0 Å². The highest BCUT2D eigenvalue weighted by Crippen LogP contribution is 2.51. The number of aryl methyl sites for hydroxylation is 1. The Hall–Kier alpha value is -2.71. The zero-order valence-corrected chi connectivity index (χ0v) is 20.2. The van der Waals surface area contributed by atoms with Crippen LogP contribution in [0.25, 0.3) is 0 Å². The number of alkyl halides is 6. The maximum atomic E-state index is 14.2. The molecule has 1 aliphatic rings. The van der Waals surface area contributed by atoms with Gasteiger partial charge in [0.15, 0.2) is 5.75 Å². The van der Waals surface area contributed by atoms with E-state index < -0.39 is 70.6 Å². The second-order valence-electron chi connectivity index (χ2n) is 7.62. The van der Waals surface area contributed by atoms with Crippen molar-refractivity contribution in [2.75, 3.05) is 13.1 Å². The fourth-order valence-corrected chi connectivity index (χ4v) is 4.74. The Kier molecular flexibility index (Phi) is 7.72. The third kappa shape index (κ3) is 5.81. The molecule has 0 aliphatic carbocycles. The lowest BCUT2D eigenvalue weighted by molar-refractivity contribution is -0.275. The Morgan fingerprint density at radius 2 is 1.75 bits per heavy atom. The average molecular weight is 578 g/mol. The van der Waals surface area contributed by atoms with E-state index in [9.17, 15) is 41.0 Å². The molecule has 196 valence electrons. The summed E-state index contributed by atoms with van der Waals surface area (Å²) >= 11 is 12.3. The van der Waals surface area contributed by atoms with Crippen LogP contribution in [-0.4, -0.2) is 48.1 Å². The molecule has 0 spiro atoms. The first-order chi connectivity index (χ1) is 16.5. The van der Waals surface area contributed by atoms with Crippen molar-refractivity contribution in [2.24, 2.45) is 5.16 Å². The van der Waals surface area contributed by atoms with Gasteiger partial charge in [-0.1, -0.05) is 28.4 Å². The van der Waals surface area contributed by atoms with Crippen molar-refractivity contribution >= 4 is 52.1 Å². The molecule has 0 unspecified atom stereocenters. The number of carbonyl (C=O) groups excluding carboxylic acids is 2. The first kappa shape index (κ1) is 27.9. The molecule has 1 aliphatic heterocycles. The van der Waals surface area contributed by atoms with Crippen molar-refractivity contribution < 1.29 is 45.9 Å². The zero-order valence-electron chi connectivity index (χ0n) is 17.9. The number of phenols is 1. The molecule has 0 bridgehead atoms. The van der Waals surface area contributed by atoms with Crippen LogP contribution in [0.15, 0.2) is 23.4 Å². The zero-order chi connectivity index (χ0) is 27.1. The van der Waals surface area contributed by atoms with Gasteiger partial charge in [-0.25, -0.2) is 0 Å². The number of hydrogen-bond acceptors (Lipinski definition) is 6. The summed E-state index contributed by atoms with van der Waals surface area (Å²) < 4.78 is 79.0. The Balaban J connectivity index is 1.78. The Labute approximate surface area is 213 Å². The number of amides is 2. The van der Waals surface area contributed by atoms with Crippen LogP contribution in [-0.2, 0) is 15.2 Å². The van der Waals surface area contributed by atoms with E-state index in [-0.39, 0.29) is 15.5 Å². The second kappa shape index (κ2) is 9.98. The fourth-order valence-electron chi connectivity index (χ4n) is 3.19. The molecule has 0 saturated heterocycles. The molecular weight excluding hydrogens is 563 g/mol. The quantitative estimate of drug-likeness (QED) is 0.418. The van der Waals surface area contributed by atoms with Gasteiger partial charge in [0.05, 0.1) is 32.8 Å². The van der Waals surface area contributed by atoms with Crippen LogP contribution in [0.1, 0.15) is 32.1 Å². The molecule has 16 heteroatoms. The van der Waals surface area contributed by atoms with E-state index >= 15 is 0 Å². The van der Waals surface area contributed by atoms with Gasteiger partial charge in [-0.2, -0.15) is 26.3 Å². The van der Waals surface area contributed by atoms with Gasteiger partial charge in [-0.3, -0.25) is 9.59 Å². The van der Waals surface area contributed by atoms with E-state index in [0.29, 0.717) is 5.56 Å². The minimum absolute atomic E-state index is 0.0107. The van der Waals surface area contributed by atoms with Crippen molar-refractivity contribution in [2.45, 2.75) is 31.3 Å². The Morgan fingerprint density at radius 3 is 2.31 bits per heavy atom. The van der Waals surface area contributed by atoms with Gasteiger partial charge in [0.1, 0.15) is 12.3 Å². The molecule has 36 heavy (non-hydrogen) atoms. The SMILES string of the molecule is Cc1cc(C2=NO[C@@](c3cc(Cl)c(O)c(Cl)c3)(C(F)(F)F)C2)sc1C(=O)NCC(=O)NCC(F)(F)F. The van der Waals surface area contributed by atoms with Crippen LogP contribution < -0.4 is 10.6 Å². The van der Waals surface area contributed by atoms with E-state index in [1.807, 2.05) is 0 Å². The lowest BCUT2D eigenvalue weighted by Crippen LogP contribution is -2.42. The molecule has 2 amide bonds. The molecular formula is C20H15Cl2F6N3O4S. The van der Waals surface area contributed by atoms with Crippen LogP contribution in [0.5, 0.6) is 5.75 Å². The third-order valence-corrected chi connectivity index (χ3v) is 6.83. The summed E-state index contributed by atoms with van der Waals surface area (Å²) in [5.74, 6) is -2.50. The van der Waals surface area contributed by atoms with Gasteiger partial charge in [0.25, 0.3) is 11.5 Å². The van der Waals surface area contributed by atoms with Gasteiger partial charge in [-0.15, -0.1) is 11.3 Å². The van der Waals surface area contributed by atoms with Gasteiger partial charge >= 0.3 is 12.4 Å². The third-order valence-electron chi connectivity index (χ3n) is 4.97. The van der Waals surface area contributed by atoms with Crippen LogP contribution in [0.3, 0.4) is 0 Å². The Morgan fingerprint density at radius 1 is 1.14 bits per heavy atom. The number of halogens is 8. The van der Waals surface area contributed by atoms with E-state index in [4.69, 9.17) is 28.0 Å². The largest absolute Gasteiger partial charge is 0.505 e. The van der Waals surface area contributed by atoms with Gasteiger partial charge in [0.2, 0.25) is 5.91 Å². The molecule has 3 rings (SSSR count). The summed E-state index contributed by atoms with van der Waals surface area (Å²) in [6.07, 6.45) is -10.4. The van der Waals surface area contributed by atoms with E-state index in [0.717, 1.165) is 23.5 Å². The summed E-state index contributed by atoms with van der Waals surface area (Å²) in [6.45, 7) is -0.834. The molecule has 0 fully saturated rings. The lowest BCUT2D eigenvalue weighted by atomic mass is 9.87. The smallest absolute Gasteiger partial charge is 0.435 e. The van der Waals surface area contributed by atoms with E-state index in [1.54, 1.807) is 5.32 Å². The topological polar surface area (TPSA) is 100 Å². The highest BCUT2D eigenvalue weighted by atomic mass is 35.5. The highest BCUT2D eigenvalue weighted by Gasteiger charge is 2.62. The minimum atomic E-state index is -4.99. The van der Waals surface area contributed by atoms with Crippen molar-refractivity contribution in [1.29, 1.82) is 0 Å². The van der Waals surface area contributed by atoms with Gasteiger partial charge in [0, 0.05) is 5.56 Å². The molecule has 7 nitrogen and oxygen atoms in total. The number of aromatic hydroxyl groups is 1. The standard InChI is InChI=1S/C20H15Cl2F6N3O4S/c1-8-2-13(36-16(8)17(34)29-6-14(32)30-7-19(23,24)25)12-5-18(35-31-12,20(26,27)28)9-3-10(21)15(33)11(22)4-9/h2-4,33H,5-7H2,1H3,(H,29,34)(H,30,32)/t18-/m0/s1. The highest BCUT2D eigenvalue weighted by molar-refractivity contribution is 7.16. The van der Waals surface area contributed by atoms with Crippen LogP contribution >= 0.6 is 34.5 Å². The number of thiophene rings is 1. The summed E-state index contributed by atoms with van der Waals surface area (Å²) in [7, 11) is 0. The number of nitrogens with zero attached hydrogens (tertiary/aromatic N) is 1. The number of oxime groups is 1. The van der Waals surface area contributed by atoms with Crippen LogP contribution in [0.4, 0.5) is 26.3 Å². The summed E-state index contributed by atoms with van der Waals surface area (Å²) in [5.41, 5.74) is -3.30. The molecule has 1 aromatic heterocycles. The molecule has 2 heterocycles. The molecule has 0 radical (unpaired) electrons. The monoisotopic (exact) mass is 577 g/mol. The van der Waals surface area contributed by atoms with Crippen molar-refractivity contribution in [1.82, 2.24) is 10.6 Å². The van der Waals surface area contributed by atoms with Crippen LogP contribution in [0.2, 0.25) is 10.0 Å². The minimum Gasteiger partial charge on any atom is -0.505 e. The molecule has 1 aromatic carbocycles. The summed E-state index contributed by atoms with van der Waals surface area (Å²) in [6, 6.07) is 3.10. The number of carbonyl (C=O) groups is 2. The summed E-state index contributed by atoms with van der Waals surface area (Å²) in [4.78, 5) is 28.9. The summed E-state index contributed by atoms with van der Waals surface area (Å²) in [5, 5.41) is 16.2. The van der Waals surface area contributed by atoms with Crippen LogP contribution in [0, 0.1) is 6.92 Å².